The van der Waals surface area contributed by atoms with E-state index in [-0.39, 0.29) is 0 Å². The molecule has 2 rings (SSSR count). The molecule has 106 valence electrons. The molecular formula is C15H26N4. The van der Waals surface area contributed by atoms with Gasteiger partial charge in [-0.25, -0.2) is 0 Å². The number of piperidine rings is 1. The topological polar surface area (TPSA) is 31.4 Å². The maximum Gasteiger partial charge on any atom is 0.0571 e. The minimum Gasteiger partial charge on any atom is -0.369 e. The van der Waals surface area contributed by atoms with E-state index in [0.717, 1.165) is 18.8 Å². The van der Waals surface area contributed by atoms with Gasteiger partial charge in [-0.3, -0.25) is 4.98 Å². The molecule has 1 aromatic rings. The van der Waals surface area contributed by atoms with Crippen LogP contribution in [0.25, 0.3) is 0 Å². The van der Waals surface area contributed by atoms with Gasteiger partial charge in [-0.15, -0.1) is 0 Å². The number of hydrogen-bond donors (Lipinski definition) is 1. The molecule has 2 heterocycles. The summed E-state index contributed by atoms with van der Waals surface area (Å²) in [7, 11) is 6.31. The van der Waals surface area contributed by atoms with Crippen LogP contribution < -0.4 is 10.2 Å². The number of hydrogen-bond acceptors (Lipinski definition) is 4. The molecule has 0 radical (unpaired) electrons. The number of nitrogens with one attached hydrogen (secondary N) is 1. The normalized spacial score (nSPS) is 21.7. The quantitative estimate of drug-likeness (QED) is 0.898. The van der Waals surface area contributed by atoms with Gasteiger partial charge < -0.3 is 15.1 Å². The molecule has 4 nitrogen and oxygen atoms in total. The predicted molar refractivity (Wildman–Crippen MR) is 80.6 cm³/mol. The van der Waals surface area contributed by atoms with E-state index < -0.39 is 0 Å². The Morgan fingerprint density at radius 3 is 2.79 bits per heavy atom. The molecule has 0 saturated carbocycles. The average Bonchev–Trinajstić information content (AvgIpc) is 2.46. The summed E-state index contributed by atoms with van der Waals surface area (Å²) in [6.07, 6.45) is 4.57. The van der Waals surface area contributed by atoms with E-state index in [4.69, 9.17) is 0 Å². The molecule has 4 heteroatoms. The highest BCUT2D eigenvalue weighted by Gasteiger charge is 2.21. The molecule has 2 atom stereocenters. The second kappa shape index (κ2) is 6.35. The Labute approximate surface area is 116 Å². The second-order valence-corrected chi connectivity index (χ2v) is 5.66. The van der Waals surface area contributed by atoms with Crippen LogP contribution in [-0.4, -0.2) is 50.2 Å². The first-order chi connectivity index (χ1) is 9.11. The Morgan fingerprint density at radius 2 is 2.21 bits per heavy atom. The van der Waals surface area contributed by atoms with E-state index in [9.17, 15) is 0 Å². The van der Waals surface area contributed by atoms with Crippen molar-refractivity contribution >= 4 is 5.69 Å². The summed E-state index contributed by atoms with van der Waals surface area (Å²) in [4.78, 5) is 9.36. The summed E-state index contributed by atoms with van der Waals surface area (Å²) in [5.41, 5.74) is 2.35. The third-order valence-corrected chi connectivity index (χ3v) is 4.14. The summed E-state index contributed by atoms with van der Waals surface area (Å²) in [6.45, 7) is 4.38. The first-order valence-electron chi connectivity index (χ1n) is 7.16. The van der Waals surface area contributed by atoms with E-state index in [1.807, 2.05) is 13.2 Å². The number of aromatic nitrogens is 1. The lowest BCUT2D eigenvalue weighted by Gasteiger charge is -2.37. The smallest absolute Gasteiger partial charge is 0.0571 e. The number of pyridine rings is 1. The van der Waals surface area contributed by atoms with Crippen molar-refractivity contribution in [2.75, 3.05) is 39.1 Å². The van der Waals surface area contributed by atoms with Crippen molar-refractivity contribution in [3.05, 3.63) is 24.0 Å². The van der Waals surface area contributed by atoms with E-state index in [1.54, 1.807) is 0 Å². The van der Waals surface area contributed by atoms with Gasteiger partial charge in [0.2, 0.25) is 0 Å². The highest BCUT2D eigenvalue weighted by molar-refractivity contribution is 5.45. The van der Waals surface area contributed by atoms with Gasteiger partial charge in [0.15, 0.2) is 0 Å². The van der Waals surface area contributed by atoms with Crippen molar-refractivity contribution in [1.29, 1.82) is 0 Å². The molecule has 0 bridgehead atoms. The van der Waals surface area contributed by atoms with Crippen LogP contribution in [0.3, 0.4) is 0 Å². The van der Waals surface area contributed by atoms with Crippen LogP contribution in [0.1, 0.15) is 31.5 Å². The lowest BCUT2D eigenvalue weighted by atomic mass is 10.0. The molecule has 2 unspecified atom stereocenters. The molecule has 1 aliphatic heterocycles. The van der Waals surface area contributed by atoms with E-state index >= 15 is 0 Å². The van der Waals surface area contributed by atoms with Crippen LogP contribution in [0.15, 0.2) is 18.3 Å². The molecule has 19 heavy (non-hydrogen) atoms. The first-order valence-corrected chi connectivity index (χ1v) is 7.16. The maximum atomic E-state index is 4.58. The van der Waals surface area contributed by atoms with Crippen LogP contribution >= 0.6 is 0 Å². The second-order valence-electron chi connectivity index (χ2n) is 5.66. The molecule has 0 aliphatic carbocycles. The van der Waals surface area contributed by atoms with Gasteiger partial charge in [0.1, 0.15) is 0 Å². The van der Waals surface area contributed by atoms with Gasteiger partial charge in [0.05, 0.1) is 17.6 Å². The first kappa shape index (κ1) is 14.3. The summed E-state index contributed by atoms with van der Waals surface area (Å²) in [5.74, 6) is 0. The lowest BCUT2D eigenvalue weighted by molar-refractivity contribution is 0.258. The fraction of sp³-hybridized carbons (Fsp3) is 0.667. The Kier molecular flexibility index (Phi) is 4.77. The fourth-order valence-corrected chi connectivity index (χ4v) is 2.60. The van der Waals surface area contributed by atoms with E-state index in [0.29, 0.717) is 12.1 Å². The van der Waals surface area contributed by atoms with Crippen molar-refractivity contribution < 1.29 is 0 Å². The average molecular weight is 262 g/mol. The van der Waals surface area contributed by atoms with Crippen molar-refractivity contribution in [2.45, 2.75) is 31.8 Å². The van der Waals surface area contributed by atoms with Crippen molar-refractivity contribution in [3.63, 3.8) is 0 Å². The van der Waals surface area contributed by atoms with E-state index in [2.05, 4.69) is 53.3 Å². The minimum absolute atomic E-state index is 0.310. The van der Waals surface area contributed by atoms with Crippen molar-refractivity contribution in [1.82, 2.24) is 15.2 Å². The van der Waals surface area contributed by atoms with Gasteiger partial charge in [0.25, 0.3) is 0 Å². The molecule has 1 fully saturated rings. The SMILES string of the molecule is CNC(C)c1ccc(N2CCCC(N(C)C)C2)cn1. The van der Waals surface area contributed by atoms with Crippen molar-refractivity contribution in [3.8, 4) is 0 Å². The van der Waals surface area contributed by atoms with Gasteiger partial charge in [-0.1, -0.05) is 0 Å². The molecule has 1 saturated heterocycles. The standard InChI is InChI=1S/C15H26N4/c1-12(16-2)15-8-7-13(10-17-15)19-9-5-6-14(11-19)18(3)4/h7-8,10,12,14,16H,5-6,9,11H2,1-4H3. The zero-order valence-corrected chi connectivity index (χ0v) is 12.6. The largest absolute Gasteiger partial charge is 0.369 e. The number of likely N-dealkylation sites (N-methyl/N-ethyl adjacent to an activating group) is 1. The molecule has 1 aromatic heterocycles. The number of rotatable bonds is 4. The van der Waals surface area contributed by atoms with Crippen LogP contribution in [0.4, 0.5) is 5.69 Å². The third kappa shape index (κ3) is 3.45. The van der Waals surface area contributed by atoms with Crippen LogP contribution in [0, 0.1) is 0 Å². The van der Waals surface area contributed by atoms with Gasteiger partial charge >= 0.3 is 0 Å². The Bertz CT molecular complexity index is 388. The molecule has 1 aliphatic rings. The molecule has 0 aromatic carbocycles. The Hall–Kier alpha value is -1.13. The van der Waals surface area contributed by atoms with Gasteiger partial charge in [-0.2, -0.15) is 0 Å². The highest BCUT2D eigenvalue weighted by atomic mass is 15.2. The monoisotopic (exact) mass is 262 g/mol. The summed E-state index contributed by atoms with van der Waals surface area (Å²) in [5, 5.41) is 3.22. The van der Waals surface area contributed by atoms with E-state index in [1.165, 1.54) is 18.5 Å². The lowest BCUT2D eigenvalue weighted by Crippen LogP contribution is -2.45. The Morgan fingerprint density at radius 1 is 1.42 bits per heavy atom. The zero-order valence-electron chi connectivity index (χ0n) is 12.6. The van der Waals surface area contributed by atoms with Crippen LogP contribution in [0.2, 0.25) is 0 Å². The van der Waals surface area contributed by atoms with Gasteiger partial charge in [0, 0.05) is 25.2 Å². The molecule has 0 amide bonds. The third-order valence-electron chi connectivity index (χ3n) is 4.14. The van der Waals surface area contributed by atoms with Gasteiger partial charge in [-0.05, 0) is 53.0 Å². The highest BCUT2D eigenvalue weighted by Crippen LogP contribution is 2.22. The summed E-state index contributed by atoms with van der Waals surface area (Å²) in [6, 6.07) is 5.30. The fourth-order valence-electron chi connectivity index (χ4n) is 2.60. The maximum absolute atomic E-state index is 4.58. The number of anilines is 1. The van der Waals surface area contributed by atoms with Crippen LogP contribution in [-0.2, 0) is 0 Å². The summed E-state index contributed by atoms with van der Waals surface area (Å²) >= 11 is 0. The zero-order chi connectivity index (χ0) is 13.8. The Balaban J connectivity index is 2.05. The molecule has 1 N–H and O–H groups in total. The van der Waals surface area contributed by atoms with Crippen molar-refractivity contribution in [2.24, 2.45) is 0 Å². The van der Waals surface area contributed by atoms with Crippen LogP contribution in [0.5, 0.6) is 0 Å². The minimum atomic E-state index is 0.310. The summed E-state index contributed by atoms with van der Waals surface area (Å²) < 4.78 is 0. The molecular weight excluding hydrogens is 236 g/mol. The number of nitrogens with zero attached hydrogens (tertiary/aromatic N) is 3. The predicted octanol–water partition coefficient (Wildman–Crippen LogP) is 1.89. The molecule has 0 spiro atoms.